The molecule has 0 radical (unpaired) electrons. The molecule has 0 aromatic heterocycles. The van der Waals surface area contributed by atoms with Gasteiger partial charge in [-0.15, -0.1) is 0 Å². The van der Waals surface area contributed by atoms with Crippen LogP contribution in [0.25, 0.3) is 0 Å². The predicted molar refractivity (Wildman–Crippen MR) is 88.0 cm³/mol. The van der Waals surface area contributed by atoms with Crippen molar-refractivity contribution in [2.24, 2.45) is 29.1 Å². The van der Waals surface area contributed by atoms with Crippen molar-refractivity contribution in [3.63, 3.8) is 0 Å². The van der Waals surface area contributed by atoms with Crippen LogP contribution in [0.4, 0.5) is 0 Å². The molecule has 2 aliphatic carbocycles. The van der Waals surface area contributed by atoms with Gasteiger partial charge in [0.15, 0.2) is 0 Å². The molecule has 2 fully saturated rings. The molecule has 2 N–H and O–H groups in total. The highest BCUT2D eigenvalue weighted by molar-refractivity contribution is 5.02. The molecule has 124 valence electrons. The number of hydrogen-bond acceptors (Lipinski definition) is 2. The molecule has 0 heterocycles. The van der Waals surface area contributed by atoms with Gasteiger partial charge in [-0.25, -0.2) is 0 Å². The first kappa shape index (κ1) is 17.3. The lowest BCUT2D eigenvalue weighted by molar-refractivity contribution is -0.0337. The first-order valence-corrected chi connectivity index (χ1v) is 9.05. The molecule has 0 spiro atoms. The smallest absolute Gasteiger partial charge is 0.0591 e. The molecule has 2 unspecified atom stereocenters. The summed E-state index contributed by atoms with van der Waals surface area (Å²) in [6.07, 6.45) is 7.91. The molecule has 2 rings (SSSR count). The molecule has 0 aliphatic heterocycles. The summed E-state index contributed by atoms with van der Waals surface area (Å²) in [5, 5.41) is 20.3. The predicted octanol–water partition coefficient (Wildman–Crippen LogP) is 4.39. The summed E-state index contributed by atoms with van der Waals surface area (Å²) in [6, 6.07) is 0. The molecular weight excluding hydrogens is 260 g/mol. The third-order valence-corrected chi connectivity index (χ3v) is 6.91. The summed E-state index contributed by atoms with van der Waals surface area (Å²) in [6.45, 7) is 11.0. The van der Waals surface area contributed by atoms with Crippen molar-refractivity contribution in [1.29, 1.82) is 0 Å². The van der Waals surface area contributed by atoms with Crippen LogP contribution < -0.4 is 0 Å². The molecule has 0 saturated heterocycles. The second kappa shape index (κ2) is 6.20. The zero-order valence-electron chi connectivity index (χ0n) is 14.7. The number of aliphatic hydroxyl groups is 2. The Hall–Kier alpha value is -0.0800. The van der Waals surface area contributed by atoms with Gasteiger partial charge in [-0.05, 0) is 81.5 Å². The molecule has 2 saturated carbocycles. The van der Waals surface area contributed by atoms with Gasteiger partial charge in [0.05, 0.1) is 11.7 Å². The summed E-state index contributed by atoms with van der Waals surface area (Å²) < 4.78 is 0. The van der Waals surface area contributed by atoms with Gasteiger partial charge in [-0.3, -0.25) is 0 Å². The fourth-order valence-electron chi connectivity index (χ4n) is 5.29. The normalized spacial score (nSPS) is 39.9. The van der Waals surface area contributed by atoms with Crippen LogP contribution in [-0.4, -0.2) is 21.9 Å². The molecule has 2 aliphatic rings. The van der Waals surface area contributed by atoms with E-state index in [0.717, 1.165) is 25.2 Å². The lowest BCUT2D eigenvalue weighted by Gasteiger charge is -2.46. The van der Waals surface area contributed by atoms with E-state index in [-0.39, 0.29) is 6.10 Å². The molecule has 2 heteroatoms. The number of fused-ring (bicyclic) bond motifs is 1. The summed E-state index contributed by atoms with van der Waals surface area (Å²) in [5.41, 5.74) is -0.197. The molecule has 21 heavy (non-hydrogen) atoms. The Kier molecular flexibility index (Phi) is 5.10. The van der Waals surface area contributed by atoms with Crippen molar-refractivity contribution in [3.05, 3.63) is 0 Å². The van der Waals surface area contributed by atoms with E-state index in [2.05, 4.69) is 20.8 Å². The number of aliphatic hydroxyl groups excluding tert-OH is 1. The third kappa shape index (κ3) is 3.64. The van der Waals surface area contributed by atoms with Crippen LogP contribution in [0.15, 0.2) is 0 Å². The van der Waals surface area contributed by atoms with Crippen LogP contribution in [0.2, 0.25) is 0 Å². The average Bonchev–Trinajstić information content (AvgIpc) is 2.73. The fourth-order valence-corrected chi connectivity index (χ4v) is 5.29. The Morgan fingerprint density at radius 2 is 1.86 bits per heavy atom. The monoisotopic (exact) mass is 296 g/mol. The SMILES string of the molecule is C[C@H](CCC(C)(C)O)[C@H](C)C1CCC2[C@@H](O)CCC[C@]12C. The van der Waals surface area contributed by atoms with Gasteiger partial charge in [-0.1, -0.05) is 27.2 Å². The highest BCUT2D eigenvalue weighted by Crippen LogP contribution is 2.58. The minimum atomic E-state index is -0.545. The highest BCUT2D eigenvalue weighted by atomic mass is 16.3. The number of rotatable bonds is 5. The van der Waals surface area contributed by atoms with Gasteiger partial charge >= 0.3 is 0 Å². The first-order valence-electron chi connectivity index (χ1n) is 9.05. The van der Waals surface area contributed by atoms with E-state index in [4.69, 9.17) is 0 Å². The lowest BCUT2D eigenvalue weighted by Crippen LogP contribution is -2.42. The highest BCUT2D eigenvalue weighted by Gasteiger charge is 2.52. The van der Waals surface area contributed by atoms with Gasteiger partial charge in [0, 0.05) is 0 Å². The van der Waals surface area contributed by atoms with Crippen LogP contribution >= 0.6 is 0 Å². The van der Waals surface area contributed by atoms with Crippen molar-refractivity contribution in [1.82, 2.24) is 0 Å². The zero-order valence-corrected chi connectivity index (χ0v) is 14.7. The zero-order chi connectivity index (χ0) is 15.8. The second-order valence-electron chi connectivity index (χ2n) is 8.94. The van der Waals surface area contributed by atoms with E-state index in [0.29, 0.717) is 23.2 Å². The molecule has 2 nitrogen and oxygen atoms in total. The molecule has 0 amide bonds. The van der Waals surface area contributed by atoms with E-state index < -0.39 is 5.60 Å². The fraction of sp³-hybridized carbons (Fsp3) is 1.00. The quantitative estimate of drug-likeness (QED) is 0.790. The summed E-state index contributed by atoms with van der Waals surface area (Å²) in [5.74, 6) is 2.61. The van der Waals surface area contributed by atoms with Crippen LogP contribution in [0.3, 0.4) is 0 Å². The largest absolute Gasteiger partial charge is 0.393 e. The van der Waals surface area contributed by atoms with E-state index in [1.807, 2.05) is 13.8 Å². The molecular formula is C19H36O2. The van der Waals surface area contributed by atoms with Gasteiger partial charge in [-0.2, -0.15) is 0 Å². The van der Waals surface area contributed by atoms with Crippen LogP contribution in [-0.2, 0) is 0 Å². The van der Waals surface area contributed by atoms with Crippen molar-refractivity contribution in [2.75, 3.05) is 0 Å². The summed E-state index contributed by atoms with van der Waals surface area (Å²) in [4.78, 5) is 0. The summed E-state index contributed by atoms with van der Waals surface area (Å²) in [7, 11) is 0. The molecule has 0 bridgehead atoms. The third-order valence-electron chi connectivity index (χ3n) is 6.91. The van der Waals surface area contributed by atoms with Crippen LogP contribution in [0.5, 0.6) is 0 Å². The Morgan fingerprint density at radius 1 is 1.19 bits per heavy atom. The molecule has 6 atom stereocenters. The molecule has 0 aromatic rings. The average molecular weight is 296 g/mol. The lowest BCUT2D eigenvalue weighted by atomic mass is 9.60. The minimum absolute atomic E-state index is 0.0624. The van der Waals surface area contributed by atoms with E-state index in [1.165, 1.54) is 25.7 Å². The Bertz CT molecular complexity index is 346. The molecule has 0 aromatic carbocycles. The summed E-state index contributed by atoms with van der Waals surface area (Å²) >= 11 is 0. The first-order chi connectivity index (χ1) is 9.65. The van der Waals surface area contributed by atoms with Gasteiger partial charge < -0.3 is 10.2 Å². The van der Waals surface area contributed by atoms with E-state index in [9.17, 15) is 10.2 Å². The van der Waals surface area contributed by atoms with Gasteiger partial charge in [0.2, 0.25) is 0 Å². The van der Waals surface area contributed by atoms with E-state index in [1.54, 1.807) is 0 Å². The topological polar surface area (TPSA) is 40.5 Å². The Labute approximate surface area is 131 Å². The van der Waals surface area contributed by atoms with Crippen LogP contribution in [0.1, 0.15) is 79.6 Å². The van der Waals surface area contributed by atoms with Crippen molar-refractivity contribution >= 4 is 0 Å². The number of hydrogen-bond donors (Lipinski definition) is 2. The Balaban J connectivity index is 2.00. The van der Waals surface area contributed by atoms with Gasteiger partial charge in [0.1, 0.15) is 0 Å². The van der Waals surface area contributed by atoms with Crippen molar-refractivity contribution < 1.29 is 10.2 Å². The van der Waals surface area contributed by atoms with Crippen molar-refractivity contribution in [3.8, 4) is 0 Å². The maximum atomic E-state index is 10.4. The van der Waals surface area contributed by atoms with Gasteiger partial charge in [0.25, 0.3) is 0 Å². The Morgan fingerprint density at radius 3 is 2.48 bits per heavy atom. The second-order valence-corrected chi connectivity index (χ2v) is 8.94. The standard InChI is InChI=1S/C19H36O2/c1-13(10-12-18(3,4)21)14(2)15-8-9-16-17(20)7-6-11-19(15,16)5/h13-17,20-21H,6-12H2,1-5H3/t13-,14+,15?,16?,17+,19-/m1/s1. The van der Waals surface area contributed by atoms with E-state index >= 15 is 0 Å². The van der Waals surface area contributed by atoms with Crippen LogP contribution in [0, 0.1) is 29.1 Å². The van der Waals surface area contributed by atoms with Crippen molar-refractivity contribution in [2.45, 2.75) is 91.3 Å². The minimum Gasteiger partial charge on any atom is -0.393 e. The maximum Gasteiger partial charge on any atom is 0.0591 e. The maximum absolute atomic E-state index is 10.4.